The van der Waals surface area contributed by atoms with Crippen LogP contribution in [-0.2, 0) is 22.1 Å². The van der Waals surface area contributed by atoms with E-state index in [1.54, 1.807) is 13.0 Å². The van der Waals surface area contributed by atoms with Gasteiger partial charge in [0.1, 0.15) is 12.6 Å². The van der Waals surface area contributed by atoms with Gasteiger partial charge in [0, 0.05) is 7.11 Å². The zero-order chi connectivity index (χ0) is 15.3. The summed E-state index contributed by atoms with van der Waals surface area (Å²) in [5.41, 5.74) is -0.641. The fourth-order valence-corrected chi connectivity index (χ4v) is 2.03. The summed E-state index contributed by atoms with van der Waals surface area (Å²) in [5.74, 6) is -1.06. The normalized spacial score (nSPS) is 11.5. The number of ether oxygens (including phenoxy) is 1. The van der Waals surface area contributed by atoms with Crippen LogP contribution in [0, 0.1) is 0 Å². The molecule has 1 aromatic carbocycles. The van der Waals surface area contributed by atoms with Crippen molar-refractivity contribution < 1.29 is 22.7 Å². The van der Waals surface area contributed by atoms with E-state index in [1.807, 2.05) is 0 Å². The highest BCUT2D eigenvalue weighted by molar-refractivity contribution is 6.29. The van der Waals surface area contributed by atoms with Gasteiger partial charge >= 0.3 is 6.18 Å². The lowest BCUT2D eigenvalue weighted by molar-refractivity contribution is -0.137. The number of hydrogen-bond acceptors (Lipinski definition) is 2. The molecule has 3 nitrogen and oxygen atoms in total. The first-order valence-electron chi connectivity index (χ1n) is 5.91. The second kappa shape index (κ2) is 6.95. The summed E-state index contributed by atoms with van der Waals surface area (Å²) in [4.78, 5) is 12.7. The van der Waals surface area contributed by atoms with Crippen molar-refractivity contribution in [2.75, 3.05) is 24.6 Å². The van der Waals surface area contributed by atoms with E-state index in [2.05, 4.69) is 0 Å². The van der Waals surface area contributed by atoms with Crippen LogP contribution in [0.2, 0.25) is 0 Å². The standard InChI is InChI=1S/C13H15ClF3NO2/c1-3-9-5-4-6-10(13(15,16)17)12(9)18(8-20-2)11(19)7-14/h4-6H,3,7-8H2,1-2H3. The Balaban J connectivity index is 3.48. The summed E-state index contributed by atoms with van der Waals surface area (Å²) in [6.45, 7) is 1.43. The van der Waals surface area contributed by atoms with Crippen molar-refractivity contribution in [2.24, 2.45) is 0 Å². The van der Waals surface area contributed by atoms with Crippen molar-refractivity contribution in [2.45, 2.75) is 19.5 Å². The number of amides is 1. The van der Waals surface area contributed by atoms with Gasteiger partial charge in [0.2, 0.25) is 5.91 Å². The van der Waals surface area contributed by atoms with Crippen LogP contribution in [0.5, 0.6) is 0 Å². The van der Waals surface area contributed by atoms with Crippen LogP contribution in [0.25, 0.3) is 0 Å². The van der Waals surface area contributed by atoms with Gasteiger partial charge in [0.05, 0.1) is 11.3 Å². The van der Waals surface area contributed by atoms with E-state index in [9.17, 15) is 18.0 Å². The van der Waals surface area contributed by atoms with Crippen LogP contribution in [-0.4, -0.2) is 25.6 Å². The van der Waals surface area contributed by atoms with E-state index in [0.717, 1.165) is 11.0 Å². The Hall–Kier alpha value is -1.27. The van der Waals surface area contributed by atoms with Crippen molar-refractivity contribution in [3.63, 3.8) is 0 Å². The Morgan fingerprint density at radius 3 is 2.50 bits per heavy atom. The van der Waals surface area contributed by atoms with Crippen LogP contribution in [0.3, 0.4) is 0 Å². The molecule has 20 heavy (non-hydrogen) atoms. The largest absolute Gasteiger partial charge is 0.418 e. The Morgan fingerprint density at radius 1 is 1.40 bits per heavy atom. The lowest BCUT2D eigenvalue weighted by Crippen LogP contribution is -2.36. The monoisotopic (exact) mass is 309 g/mol. The quantitative estimate of drug-likeness (QED) is 0.616. The molecular formula is C13H15ClF3NO2. The number of methoxy groups -OCH3 is 1. The Bertz CT molecular complexity index is 477. The number of nitrogens with zero attached hydrogens (tertiary/aromatic N) is 1. The highest BCUT2D eigenvalue weighted by Gasteiger charge is 2.37. The van der Waals surface area contributed by atoms with Gasteiger partial charge in [0.25, 0.3) is 0 Å². The summed E-state index contributed by atoms with van der Waals surface area (Å²) in [7, 11) is 1.30. The molecule has 0 radical (unpaired) electrons. The van der Waals surface area contributed by atoms with E-state index < -0.39 is 23.5 Å². The number of hydrogen-bond donors (Lipinski definition) is 0. The van der Waals surface area contributed by atoms with Crippen molar-refractivity contribution in [3.05, 3.63) is 29.3 Å². The molecule has 1 amide bonds. The van der Waals surface area contributed by atoms with Gasteiger partial charge in [-0.1, -0.05) is 19.1 Å². The molecule has 1 aromatic rings. The second-order valence-electron chi connectivity index (χ2n) is 4.04. The Kier molecular flexibility index (Phi) is 5.83. The fraction of sp³-hybridized carbons (Fsp3) is 0.462. The van der Waals surface area contributed by atoms with Crippen molar-refractivity contribution in [1.29, 1.82) is 0 Å². The minimum atomic E-state index is -4.56. The number of rotatable bonds is 5. The molecule has 0 spiro atoms. The average Bonchev–Trinajstić information content (AvgIpc) is 2.42. The van der Waals surface area contributed by atoms with Gasteiger partial charge in [-0.15, -0.1) is 11.6 Å². The van der Waals surface area contributed by atoms with Crippen molar-refractivity contribution in [3.8, 4) is 0 Å². The Morgan fingerprint density at radius 2 is 2.05 bits per heavy atom. The zero-order valence-electron chi connectivity index (χ0n) is 11.1. The summed E-state index contributed by atoms with van der Waals surface area (Å²) in [6.07, 6.45) is -4.20. The summed E-state index contributed by atoms with van der Waals surface area (Å²) in [6, 6.07) is 3.81. The van der Waals surface area contributed by atoms with Gasteiger partial charge in [-0.05, 0) is 18.1 Å². The van der Waals surface area contributed by atoms with Gasteiger partial charge in [-0.2, -0.15) is 13.2 Å². The average molecular weight is 310 g/mol. The maximum absolute atomic E-state index is 13.1. The summed E-state index contributed by atoms with van der Waals surface area (Å²) < 4.78 is 44.2. The minimum Gasteiger partial charge on any atom is -0.364 e. The topological polar surface area (TPSA) is 29.5 Å². The fourth-order valence-electron chi connectivity index (χ4n) is 1.89. The van der Waals surface area contributed by atoms with E-state index in [4.69, 9.17) is 16.3 Å². The van der Waals surface area contributed by atoms with Gasteiger partial charge in [-0.3, -0.25) is 9.69 Å². The molecule has 0 bridgehead atoms. The number of alkyl halides is 4. The third-order valence-electron chi connectivity index (χ3n) is 2.75. The van der Waals surface area contributed by atoms with Crippen molar-refractivity contribution >= 4 is 23.2 Å². The van der Waals surface area contributed by atoms with Gasteiger partial charge in [0.15, 0.2) is 0 Å². The van der Waals surface area contributed by atoms with Gasteiger partial charge in [-0.25, -0.2) is 0 Å². The summed E-state index contributed by atoms with van der Waals surface area (Å²) in [5, 5.41) is 0. The van der Waals surface area contributed by atoms with E-state index >= 15 is 0 Å². The van der Waals surface area contributed by atoms with Gasteiger partial charge < -0.3 is 4.74 Å². The molecule has 0 fully saturated rings. The van der Waals surface area contributed by atoms with E-state index in [0.29, 0.717) is 12.0 Å². The Labute approximate surface area is 120 Å². The van der Waals surface area contributed by atoms with Crippen LogP contribution < -0.4 is 4.90 Å². The summed E-state index contributed by atoms with van der Waals surface area (Å²) >= 11 is 5.47. The van der Waals surface area contributed by atoms with Crippen LogP contribution >= 0.6 is 11.6 Å². The molecule has 0 atom stereocenters. The maximum atomic E-state index is 13.1. The van der Waals surface area contributed by atoms with Crippen molar-refractivity contribution in [1.82, 2.24) is 0 Å². The maximum Gasteiger partial charge on any atom is 0.418 e. The lowest BCUT2D eigenvalue weighted by atomic mass is 10.0. The third-order valence-corrected chi connectivity index (χ3v) is 2.98. The molecule has 0 aliphatic carbocycles. The highest BCUT2D eigenvalue weighted by atomic mass is 35.5. The number of carbonyl (C=O) groups is 1. The first kappa shape index (κ1) is 16.8. The molecule has 1 rings (SSSR count). The smallest absolute Gasteiger partial charge is 0.364 e. The number of carbonyl (C=O) groups excluding carboxylic acids is 1. The number of para-hydroxylation sites is 1. The van der Waals surface area contributed by atoms with E-state index in [-0.39, 0.29) is 12.4 Å². The molecule has 0 N–H and O–H groups in total. The molecule has 0 aliphatic heterocycles. The third kappa shape index (κ3) is 3.64. The molecule has 0 saturated carbocycles. The first-order chi connectivity index (χ1) is 9.36. The first-order valence-corrected chi connectivity index (χ1v) is 6.44. The molecule has 0 aromatic heterocycles. The number of aryl methyl sites for hydroxylation is 1. The molecular weight excluding hydrogens is 295 g/mol. The lowest BCUT2D eigenvalue weighted by Gasteiger charge is -2.27. The molecule has 0 aliphatic rings. The second-order valence-corrected chi connectivity index (χ2v) is 4.31. The van der Waals surface area contributed by atoms with Crippen LogP contribution in [0.15, 0.2) is 18.2 Å². The van der Waals surface area contributed by atoms with Crippen LogP contribution in [0.4, 0.5) is 18.9 Å². The zero-order valence-corrected chi connectivity index (χ0v) is 11.9. The highest BCUT2D eigenvalue weighted by Crippen LogP contribution is 2.39. The molecule has 7 heteroatoms. The predicted molar refractivity (Wildman–Crippen MR) is 70.9 cm³/mol. The molecule has 112 valence electrons. The number of halogens is 4. The predicted octanol–water partition coefficient (Wildman–Crippen LogP) is 3.44. The molecule has 0 unspecified atom stereocenters. The number of anilines is 1. The minimum absolute atomic E-state index is 0.185. The van der Waals surface area contributed by atoms with Crippen LogP contribution in [0.1, 0.15) is 18.1 Å². The SMILES string of the molecule is CCc1cccc(C(F)(F)F)c1N(COC)C(=O)CCl. The number of benzene rings is 1. The molecule has 0 saturated heterocycles. The molecule has 0 heterocycles. The van der Waals surface area contributed by atoms with E-state index in [1.165, 1.54) is 13.2 Å².